The Kier molecular flexibility index (Phi) is 5.47. The van der Waals surface area contributed by atoms with Crippen LogP contribution in [0, 0.1) is 5.41 Å². The fourth-order valence-electron chi connectivity index (χ4n) is 3.17. The van der Waals surface area contributed by atoms with Crippen molar-refractivity contribution in [1.29, 1.82) is 0 Å². The number of hydrogen-bond acceptors (Lipinski definition) is 4. The Balaban J connectivity index is 1.98. The SMILES string of the molecule is CCOC1CC(NC(=O)CNC(=O)c2ccccc2)(C(=O)O)C1(C)C. The summed E-state index contributed by atoms with van der Waals surface area (Å²) in [5.74, 6) is -2.04. The molecule has 1 fully saturated rings. The van der Waals surface area contributed by atoms with Gasteiger partial charge in [-0.05, 0) is 19.1 Å². The molecule has 1 aliphatic carbocycles. The first-order valence-corrected chi connectivity index (χ1v) is 8.24. The number of hydrogen-bond donors (Lipinski definition) is 3. The van der Waals surface area contributed by atoms with Crippen molar-refractivity contribution in [3.05, 3.63) is 35.9 Å². The number of amides is 2. The van der Waals surface area contributed by atoms with Gasteiger partial charge in [0, 0.05) is 24.0 Å². The molecule has 0 spiro atoms. The highest BCUT2D eigenvalue weighted by atomic mass is 16.5. The Labute approximate surface area is 146 Å². The molecule has 1 saturated carbocycles. The molecule has 1 aromatic rings. The Bertz CT molecular complexity index is 659. The molecule has 2 rings (SSSR count). The molecule has 0 aliphatic heterocycles. The number of ether oxygens (including phenoxy) is 1. The standard InChI is InChI=1S/C18H24N2O5/c1-4-25-13-10-18(16(23)24,17(13,2)3)20-14(21)11-19-15(22)12-8-6-5-7-9-12/h5-9,13H,4,10-11H2,1-3H3,(H,19,22)(H,20,21)(H,23,24). The smallest absolute Gasteiger partial charge is 0.330 e. The lowest BCUT2D eigenvalue weighted by atomic mass is 9.54. The molecule has 0 heterocycles. The zero-order chi connectivity index (χ0) is 18.7. The minimum absolute atomic E-state index is 0.196. The summed E-state index contributed by atoms with van der Waals surface area (Å²) < 4.78 is 5.55. The highest BCUT2D eigenvalue weighted by Crippen LogP contribution is 2.51. The largest absolute Gasteiger partial charge is 0.479 e. The van der Waals surface area contributed by atoms with Crippen LogP contribution in [0.3, 0.4) is 0 Å². The first kappa shape index (κ1) is 18.9. The summed E-state index contributed by atoms with van der Waals surface area (Å²) in [6, 6.07) is 8.49. The maximum absolute atomic E-state index is 12.2. The average Bonchev–Trinajstić information content (AvgIpc) is 2.59. The van der Waals surface area contributed by atoms with E-state index in [-0.39, 0.29) is 25.0 Å². The van der Waals surface area contributed by atoms with Crippen molar-refractivity contribution in [3.8, 4) is 0 Å². The van der Waals surface area contributed by atoms with E-state index in [1.54, 1.807) is 44.2 Å². The molecule has 2 atom stereocenters. The third kappa shape index (κ3) is 3.51. The second-order valence-corrected chi connectivity index (χ2v) is 6.68. The molecule has 136 valence electrons. The summed E-state index contributed by atoms with van der Waals surface area (Å²) >= 11 is 0. The molecule has 25 heavy (non-hydrogen) atoms. The van der Waals surface area contributed by atoms with Crippen LogP contribution >= 0.6 is 0 Å². The zero-order valence-corrected chi connectivity index (χ0v) is 14.7. The van der Waals surface area contributed by atoms with Gasteiger partial charge in [0.15, 0.2) is 0 Å². The molecular weight excluding hydrogens is 324 g/mol. The van der Waals surface area contributed by atoms with Crippen LogP contribution in [0.5, 0.6) is 0 Å². The van der Waals surface area contributed by atoms with Crippen molar-refractivity contribution in [2.75, 3.05) is 13.2 Å². The van der Waals surface area contributed by atoms with Gasteiger partial charge in [0.1, 0.15) is 5.54 Å². The van der Waals surface area contributed by atoms with Gasteiger partial charge in [-0.2, -0.15) is 0 Å². The molecule has 0 radical (unpaired) electrons. The highest BCUT2D eigenvalue weighted by molar-refractivity contribution is 5.97. The molecule has 1 aromatic carbocycles. The highest BCUT2D eigenvalue weighted by Gasteiger charge is 2.66. The second-order valence-electron chi connectivity index (χ2n) is 6.68. The number of carbonyl (C=O) groups is 3. The van der Waals surface area contributed by atoms with Crippen LogP contribution in [0.2, 0.25) is 0 Å². The molecule has 0 aromatic heterocycles. The van der Waals surface area contributed by atoms with Gasteiger partial charge in [0.2, 0.25) is 5.91 Å². The van der Waals surface area contributed by atoms with Crippen LogP contribution in [-0.2, 0) is 14.3 Å². The van der Waals surface area contributed by atoms with Crippen LogP contribution in [-0.4, -0.2) is 47.7 Å². The van der Waals surface area contributed by atoms with Gasteiger partial charge in [-0.25, -0.2) is 4.79 Å². The predicted octanol–water partition coefficient (Wildman–Crippen LogP) is 1.19. The number of carboxylic acid groups (broad SMARTS) is 1. The van der Waals surface area contributed by atoms with E-state index < -0.39 is 22.8 Å². The maximum Gasteiger partial charge on any atom is 0.330 e. The van der Waals surface area contributed by atoms with Gasteiger partial charge in [-0.3, -0.25) is 9.59 Å². The molecule has 3 N–H and O–H groups in total. The van der Waals surface area contributed by atoms with E-state index >= 15 is 0 Å². The molecule has 7 heteroatoms. The number of carbonyl (C=O) groups excluding carboxylic acids is 2. The van der Waals surface area contributed by atoms with Crippen LogP contribution in [0.15, 0.2) is 30.3 Å². The zero-order valence-electron chi connectivity index (χ0n) is 14.7. The maximum atomic E-state index is 12.2. The average molecular weight is 348 g/mol. The fourth-order valence-corrected chi connectivity index (χ4v) is 3.17. The van der Waals surface area contributed by atoms with Crippen molar-refractivity contribution in [2.24, 2.45) is 5.41 Å². The van der Waals surface area contributed by atoms with E-state index in [9.17, 15) is 19.5 Å². The number of rotatable bonds is 7. The molecule has 0 saturated heterocycles. The number of carboxylic acids is 1. The minimum atomic E-state index is -1.40. The van der Waals surface area contributed by atoms with Crippen LogP contribution in [0.1, 0.15) is 37.6 Å². The number of aliphatic carboxylic acids is 1. The normalized spacial score (nSPS) is 24.0. The topological polar surface area (TPSA) is 105 Å². The molecule has 7 nitrogen and oxygen atoms in total. The van der Waals surface area contributed by atoms with Gasteiger partial charge < -0.3 is 20.5 Å². The molecule has 2 amide bonds. The van der Waals surface area contributed by atoms with E-state index in [1.807, 2.05) is 6.92 Å². The van der Waals surface area contributed by atoms with E-state index in [4.69, 9.17) is 4.74 Å². The van der Waals surface area contributed by atoms with Crippen molar-refractivity contribution in [2.45, 2.75) is 38.8 Å². The number of nitrogens with one attached hydrogen (secondary N) is 2. The monoisotopic (exact) mass is 348 g/mol. The molecule has 0 bridgehead atoms. The lowest BCUT2D eigenvalue weighted by molar-refractivity contribution is -0.194. The predicted molar refractivity (Wildman–Crippen MR) is 91.1 cm³/mol. The van der Waals surface area contributed by atoms with Gasteiger partial charge in [0.05, 0.1) is 12.6 Å². The van der Waals surface area contributed by atoms with Crippen molar-refractivity contribution >= 4 is 17.8 Å². The van der Waals surface area contributed by atoms with Gasteiger partial charge in [0.25, 0.3) is 5.91 Å². The van der Waals surface area contributed by atoms with Gasteiger partial charge in [-0.15, -0.1) is 0 Å². The second kappa shape index (κ2) is 7.23. The number of benzene rings is 1. The first-order valence-electron chi connectivity index (χ1n) is 8.24. The Morgan fingerprint density at radius 2 is 1.88 bits per heavy atom. The van der Waals surface area contributed by atoms with Crippen LogP contribution in [0.25, 0.3) is 0 Å². The quantitative estimate of drug-likeness (QED) is 0.686. The van der Waals surface area contributed by atoms with Crippen molar-refractivity contribution in [3.63, 3.8) is 0 Å². The molecule has 2 unspecified atom stereocenters. The molecular formula is C18H24N2O5. The Hall–Kier alpha value is -2.41. The van der Waals surface area contributed by atoms with Gasteiger partial charge >= 0.3 is 5.97 Å². The van der Waals surface area contributed by atoms with E-state index in [2.05, 4.69) is 10.6 Å². The summed E-state index contributed by atoms with van der Waals surface area (Å²) in [7, 11) is 0. The summed E-state index contributed by atoms with van der Waals surface area (Å²) in [6.45, 7) is 5.54. The Morgan fingerprint density at radius 3 is 2.40 bits per heavy atom. The third-order valence-electron chi connectivity index (χ3n) is 4.93. The fraction of sp³-hybridized carbons (Fsp3) is 0.500. The van der Waals surface area contributed by atoms with E-state index in [0.29, 0.717) is 12.2 Å². The molecule has 1 aliphatic rings. The van der Waals surface area contributed by atoms with Crippen LogP contribution < -0.4 is 10.6 Å². The van der Waals surface area contributed by atoms with E-state index in [0.717, 1.165) is 0 Å². The van der Waals surface area contributed by atoms with Gasteiger partial charge in [-0.1, -0.05) is 32.0 Å². The van der Waals surface area contributed by atoms with Crippen molar-refractivity contribution in [1.82, 2.24) is 10.6 Å². The summed E-state index contributed by atoms with van der Waals surface area (Å²) in [5.41, 5.74) is -1.72. The summed E-state index contributed by atoms with van der Waals surface area (Å²) in [4.78, 5) is 36.0. The lowest BCUT2D eigenvalue weighted by Crippen LogP contribution is -2.76. The third-order valence-corrected chi connectivity index (χ3v) is 4.93. The van der Waals surface area contributed by atoms with Crippen LogP contribution in [0.4, 0.5) is 0 Å². The summed E-state index contributed by atoms with van der Waals surface area (Å²) in [5, 5.41) is 14.7. The lowest BCUT2D eigenvalue weighted by Gasteiger charge is -2.58. The minimum Gasteiger partial charge on any atom is -0.479 e. The van der Waals surface area contributed by atoms with E-state index in [1.165, 1.54) is 0 Å². The van der Waals surface area contributed by atoms with Crippen molar-refractivity contribution < 1.29 is 24.2 Å². The Morgan fingerprint density at radius 1 is 1.24 bits per heavy atom. The first-order chi connectivity index (χ1) is 11.7. The summed E-state index contributed by atoms with van der Waals surface area (Å²) in [6.07, 6.45) is -0.0468.